The number of hydrogen-bond donors (Lipinski definition) is 1. The number of anilines is 5. The predicted octanol–water partition coefficient (Wildman–Crippen LogP) is 13.4. The molecule has 0 saturated heterocycles. The van der Waals surface area contributed by atoms with Crippen LogP contribution in [0.3, 0.4) is 0 Å². The first kappa shape index (κ1) is 31.7. The average Bonchev–Trinajstić information content (AvgIpc) is 3.40. The van der Waals surface area contributed by atoms with Crippen LogP contribution < -0.4 is 10.2 Å². The van der Waals surface area contributed by atoms with E-state index in [0.29, 0.717) is 0 Å². The van der Waals surface area contributed by atoms with Crippen LogP contribution in [0.15, 0.2) is 182 Å². The molecule has 0 unspecified atom stereocenters. The summed E-state index contributed by atoms with van der Waals surface area (Å²) in [6.07, 6.45) is 21.3. The Bertz CT molecular complexity index is 2100. The van der Waals surface area contributed by atoms with E-state index in [1.165, 1.54) is 69.4 Å². The van der Waals surface area contributed by atoms with Crippen LogP contribution in [0.2, 0.25) is 0 Å². The lowest BCUT2D eigenvalue weighted by molar-refractivity contribution is 0.766. The van der Waals surface area contributed by atoms with Crippen LogP contribution in [0.25, 0.3) is 22.4 Å². The van der Waals surface area contributed by atoms with E-state index in [2.05, 4.69) is 180 Å². The Morgan fingerprint density at radius 2 is 1.29 bits per heavy atom. The molecule has 0 radical (unpaired) electrons. The third kappa shape index (κ3) is 7.83. The summed E-state index contributed by atoms with van der Waals surface area (Å²) in [6, 6.07) is 51.4. The zero-order chi connectivity index (χ0) is 33.1. The Labute approximate surface area is 291 Å². The lowest BCUT2D eigenvalue weighted by Gasteiger charge is -2.28. The molecule has 1 N–H and O–H groups in total. The zero-order valence-electron chi connectivity index (χ0n) is 27.9. The van der Waals surface area contributed by atoms with Gasteiger partial charge in [-0.2, -0.15) is 0 Å². The standard InChI is InChI=1S/C31H29N.C16H13N/c1-2-6-13-25(14-7-3-1)26-21-23-29(24-22-26)32(28-17-9-5-10-18-28)31-20-12-16-27-15-8-4-11-19-30(27)31;1-2-9-14(10-3-1)17-16-12-6-8-13-7-4-5-11-15(13)16/h2,4-6,8-13,15-18,20-24H,1,3,7,14,19H2;1-12,17H/b6-2+,25-13+;. The van der Waals surface area contributed by atoms with Gasteiger partial charge in [-0.05, 0) is 108 Å². The molecule has 2 aliphatic carbocycles. The van der Waals surface area contributed by atoms with Gasteiger partial charge >= 0.3 is 0 Å². The van der Waals surface area contributed by atoms with Crippen LogP contribution in [0.1, 0.15) is 42.4 Å². The van der Waals surface area contributed by atoms with Crippen molar-refractivity contribution in [2.24, 2.45) is 0 Å². The van der Waals surface area contributed by atoms with Crippen molar-refractivity contribution >= 4 is 50.9 Å². The third-order valence-corrected chi connectivity index (χ3v) is 9.13. The summed E-state index contributed by atoms with van der Waals surface area (Å²) < 4.78 is 0. The Balaban J connectivity index is 0.000000186. The van der Waals surface area contributed by atoms with Crippen molar-refractivity contribution in [2.75, 3.05) is 10.2 Å². The van der Waals surface area contributed by atoms with E-state index in [9.17, 15) is 0 Å². The molecule has 6 aromatic rings. The first-order chi connectivity index (χ1) is 24.3. The van der Waals surface area contributed by atoms with Crippen molar-refractivity contribution in [3.63, 3.8) is 0 Å². The highest BCUT2D eigenvalue weighted by Crippen LogP contribution is 2.39. The van der Waals surface area contributed by atoms with Gasteiger partial charge in [-0.15, -0.1) is 0 Å². The zero-order valence-corrected chi connectivity index (χ0v) is 27.9. The molecule has 0 amide bonds. The maximum absolute atomic E-state index is 3.45. The molecule has 0 atom stereocenters. The maximum atomic E-state index is 3.45. The summed E-state index contributed by atoms with van der Waals surface area (Å²) in [6.45, 7) is 0. The number of fused-ring (bicyclic) bond motifs is 2. The van der Waals surface area contributed by atoms with Crippen LogP contribution in [-0.4, -0.2) is 0 Å². The van der Waals surface area contributed by atoms with Crippen LogP contribution in [-0.2, 0) is 6.42 Å². The maximum Gasteiger partial charge on any atom is 0.0502 e. The van der Waals surface area contributed by atoms with Crippen molar-refractivity contribution in [1.82, 2.24) is 0 Å². The van der Waals surface area contributed by atoms with Crippen LogP contribution in [0.4, 0.5) is 28.4 Å². The van der Waals surface area contributed by atoms with Crippen molar-refractivity contribution in [3.05, 3.63) is 199 Å². The number of hydrogen-bond acceptors (Lipinski definition) is 2. The van der Waals surface area contributed by atoms with Gasteiger partial charge in [0.1, 0.15) is 0 Å². The second kappa shape index (κ2) is 15.8. The molecule has 0 aromatic heterocycles. The fraction of sp³-hybridized carbons (Fsp3) is 0.106. The minimum atomic E-state index is 0.930. The lowest BCUT2D eigenvalue weighted by Crippen LogP contribution is -2.12. The Hall–Kier alpha value is -5.86. The van der Waals surface area contributed by atoms with E-state index in [4.69, 9.17) is 0 Å². The molecule has 0 saturated carbocycles. The highest BCUT2D eigenvalue weighted by molar-refractivity contribution is 5.95. The van der Waals surface area contributed by atoms with Crippen LogP contribution in [0, 0.1) is 0 Å². The van der Waals surface area contributed by atoms with E-state index < -0.39 is 0 Å². The van der Waals surface area contributed by atoms with Crippen molar-refractivity contribution in [1.29, 1.82) is 0 Å². The summed E-state index contributed by atoms with van der Waals surface area (Å²) in [5.41, 5.74) is 11.3. The quantitative estimate of drug-likeness (QED) is 0.196. The molecule has 0 aliphatic heterocycles. The molecule has 0 fully saturated rings. The third-order valence-electron chi connectivity index (χ3n) is 9.13. The number of benzene rings is 6. The number of allylic oxidation sites excluding steroid dienone is 7. The minimum absolute atomic E-state index is 0.930. The number of nitrogens with one attached hydrogen (secondary N) is 1. The molecule has 8 rings (SSSR count). The Kier molecular flexibility index (Phi) is 10.2. The van der Waals surface area contributed by atoms with E-state index in [1.807, 2.05) is 18.2 Å². The molecular weight excluding hydrogens is 593 g/mol. The molecule has 0 bridgehead atoms. The summed E-state index contributed by atoms with van der Waals surface area (Å²) in [5, 5.41) is 5.95. The molecule has 0 heterocycles. The van der Waals surface area contributed by atoms with Crippen molar-refractivity contribution < 1.29 is 0 Å². The van der Waals surface area contributed by atoms with Gasteiger partial charge in [0.05, 0.1) is 5.69 Å². The topological polar surface area (TPSA) is 15.3 Å². The van der Waals surface area contributed by atoms with E-state index in [-0.39, 0.29) is 0 Å². The largest absolute Gasteiger partial charge is 0.355 e. The second-order valence-electron chi connectivity index (χ2n) is 12.4. The Morgan fingerprint density at radius 1 is 0.551 bits per heavy atom. The van der Waals surface area contributed by atoms with E-state index in [0.717, 1.165) is 24.2 Å². The van der Waals surface area contributed by atoms with Crippen LogP contribution >= 0.6 is 0 Å². The molecule has 2 nitrogen and oxygen atoms in total. The number of rotatable bonds is 6. The number of nitrogens with zero attached hydrogens (tertiary/aromatic N) is 1. The van der Waals surface area contributed by atoms with Gasteiger partial charge in [0.15, 0.2) is 0 Å². The molecule has 49 heavy (non-hydrogen) atoms. The summed E-state index contributed by atoms with van der Waals surface area (Å²) in [7, 11) is 0. The molecule has 2 aliphatic rings. The lowest BCUT2D eigenvalue weighted by atomic mass is 9.96. The monoisotopic (exact) mass is 634 g/mol. The van der Waals surface area contributed by atoms with Gasteiger partial charge in [-0.25, -0.2) is 0 Å². The molecular formula is C47H42N2. The van der Waals surface area contributed by atoms with Gasteiger partial charge in [0.25, 0.3) is 0 Å². The average molecular weight is 635 g/mol. The fourth-order valence-electron chi connectivity index (χ4n) is 6.63. The Morgan fingerprint density at radius 3 is 2.14 bits per heavy atom. The summed E-state index contributed by atoms with van der Waals surface area (Å²) in [4.78, 5) is 2.39. The molecule has 0 spiro atoms. The minimum Gasteiger partial charge on any atom is -0.355 e. The molecule has 240 valence electrons. The van der Waals surface area contributed by atoms with Crippen molar-refractivity contribution in [2.45, 2.75) is 32.1 Å². The first-order valence-corrected chi connectivity index (χ1v) is 17.4. The van der Waals surface area contributed by atoms with Crippen LogP contribution in [0.5, 0.6) is 0 Å². The summed E-state index contributed by atoms with van der Waals surface area (Å²) in [5.74, 6) is 0. The molecule has 6 aromatic carbocycles. The van der Waals surface area contributed by atoms with Gasteiger partial charge in [-0.1, -0.05) is 140 Å². The first-order valence-electron chi connectivity index (χ1n) is 17.4. The van der Waals surface area contributed by atoms with E-state index in [1.54, 1.807) is 0 Å². The van der Waals surface area contributed by atoms with Gasteiger partial charge < -0.3 is 10.2 Å². The number of para-hydroxylation sites is 2. The summed E-state index contributed by atoms with van der Waals surface area (Å²) >= 11 is 0. The second-order valence-corrected chi connectivity index (χ2v) is 12.4. The predicted molar refractivity (Wildman–Crippen MR) is 212 cm³/mol. The van der Waals surface area contributed by atoms with Crippen molar-refractivity contribution in [3.8, 4) is 0 Å². The highest BCUT2D eigenvalue weighted by Gasteiger charge is 2.18. The van der Waals surface area contributed by atoms with Gasteiger partial charge in [0, 0.05) is 28.1 Å². The molecule has 2 heteroatoms. The fourth-order valence-corrected chi connectivity index (χ4v) is 6.63. The van der Waals surface area contributed by atoms with Gasteiger partial charge in [-0.3, -0.25) is 0 Å². The van der Waals surface area contributed by atoms with Gasteiger partial charge in [0.2, 0.25) is 0 Å². The highest BCUT2D eigenvalue weighted by atomic mass is 15.1. The SMILES string of the molecule is C1=CCc2c(cccc2N(c2ccccc2)c2ccc(/C3=C/C=C/CCCC3)cc2)C=C1.c1ccc(Nc2cccc3ccccc23)cc1. The normalized spacial score (nSPS) is 15.3. The van der Waals surface area contributed by atoms with E-state index >= 15 is 0 Å². The smallest absolute Gasteiger partial charge is 0.0502 e.